The Balaban J connectivity index is 0.00000225. The first-order chi connectivity index (χ1) is 13.1. The molecular weight excluding hydrogens is 414 g/mol. The third kappa shape index (κ3) is 4.41. The smallest absolute Gasteiger partial charge is 0.231 e. The van der Waals surface area contributed by atoms with Gasteiger partial charge in [-0.2, -0.15) is 5.10 Å². The van der Waals surface area contributed by atoms with Crippen LogP contribution >= 0.6 is 35.5 Å². The minimum absolute atomic E-state index is 0. The van der Waals surface area contributed by atoms with E-state index in [2.05, 4.69) is 51.2 Å². The molecule has 28 heavy (non-hydrogen) atoms. The molecule has 9 heteroatoms. The summed E-state index contributed by atoms with van der Waals surface area (Å²) in [7, 11) is 1.89. The van der Waals surface area contributed by atoms with Gasteiger partial charge in [0.25, 0.3) is 0 Å². The fraction of sp³-hybridized carbons (Fsp3) is 0.316. The molecule has 0 radical (unpaired) electrons. The van der Waals surface area contributed by atoms with Gasteiger partial charge in [0.2, 0.25) is 5.91 Å². The number of thioether (sulfide) groups is 1. The molecule has 1 saturated heterocycles. The summed E-state index contributed by atoms with van der Waals surface area (Å²) in [6, 6.07) is 8.29. The molecule has 1 aromatic carbocycles. The number of anilines is 1. The van der Waals surface area contributed by atoms with Gasteiger partial charge in [-0.15, -0.1) is 35.5 Å². The molecule has 3 heterocycles. The second-order valence-electron chi connectivity index (χ2n) is 6.57. The summed E-state index contributed by atoms with van der Waals surface area (Å²) < 4.78 is 1.78. The number of rotatable bonds is 5. The van der Waals surface area contributed by atoms with Gasteiger partial charge in [0.15, 0.2) is 5.13 Å². The lowest BCUT2D eigenvalue weighted by molar-refractivity contribution is -0.119. The monoisotopic (exact) mass is 435 g/mol. The first-order valence-electron chi connectivity index (χ1n) is 8.74. The van der Waals surface area contributed by atoms with Gasteiger partial charge >= 0.3 is 0 Å². The third-order valence-electron chi connectivity index (χ3n) is 4.82. The zero-order valence-corrected chi connectivity index (χ0v) is 18.0. The number of nitrogens with zero attached hydrogens (tertiary/aromatic N) is 3. The molecular formula is C19H22ClN5OS2. The van der Waals surface area contributed by atoms with Crippen LogP contribution in [0.1, 0.15) is 11.5 Å². The minimum atomic E-state index is -0.123. The number of carbonyl (C=O) groups excluding carboxylic acids is 1. The molecule has 0 bridgehead atoms. The van der Waals surface area contributed by atoms with E-state index in [1.165, 1.54) is 16.2 Å². The average molecular weight is 436 g/mol. The second kappa shape index (κ2) is 9.09. The molecule has 0 aliphatic carbocycles. The van der Waals surface area contributed by atoms with Crippen molar-refractivity contribution in [2.24, 2.45) is 13.0 Å². The van der Waals surface area contributed by atoms with Crippen LogP contribution in [-0.4, -0.2) is 40.0 Å². The molecule has 0 spiro atoms. The van der Waals surface area contributed by atoms with Crippen LogP contribution in [0, 0.1) is 5.92 Å². The van der Waals surface area contributed by atoms with E-state index >= 15 is 0 Å². The van der Waals surface area contributed by atoms with E-state index in [0.29, 0.717) is 11.7 Å². The van der Waals surface area contributed by atoms with Crippen molar-refractivity contribution in [3.63, 3.8) is 0 Å². The lowest BCUT2D eigenvalue weighted by atomic mass is 9.90. The van der Waals surface area contributed by atoms with E-state index in [1.807, 2.05) is 24.8 Å². The molecule has 1 amide bonds. The summed E-state index contributed by atoms with van der Waals surface area (Å²) >= 11 is 3.17. The lowest BCUT2D eigenvalue weighted by Crippen LogP contribution is -2.28. The first-order valence-corrected chi connectivity index (χ1v) is 10.8. The van der Waals surface area contributed by atoms with Gasteiger partial charge in [-0.1, -0.05) is 12.1 Å². The summed E-state index contributed by atoms with van der Waals surface area (Å²) in [4.78, 5) is 18.6. The predicted molar refractivity (Wildman–Crippen MR) is 118 cm³/mol. The van der Waals surface area contributed by atoms with E-state index < -0.39 is 0 Å². The van der Waals surface area contributed by atoms with Crippen LogP contribution < -0.4 is 10.6 Å². The SMILES string of the molecule is CSc1ccc(-c2csc(NC(=O)[C@H]3CNC[C@@H]3c3cnn(C)c3)n2)cc1.Cl. The maximum Gasteiger partial charge on any atom is 0.231 e. The minimum Gasteiger partial charge on any atom is -0.315 e. The third-order valence-corrected chi connectivity index (χ3v) is 6.33. The summed E-state index contributed by atoms with van der Waals surface area (Å²) in [5, 5.41) is 13.2. The standard InChI is InChI=1S/C19H21N5OS2.ClH/c1-24-10-13(7-21-24)15-8-20-9-16(15)18(25)23-19-22-17(11-27-19)12-3-5-14(26-2)6-4-12;/h3-7,10-11,15-16,20H,8-9H2,1-2H3,(H,22,23,25);1H/t15-,16+;/m1./s1. The van der Waals surface area contributed by atoms with Crippen LogP contribution in [0.5, 0.6) is 0 Å². The molecule has 1 fully saturated rings. The topological polar surface area (TPSA) is 71.8 Å². The number of halogens is 1. The van der Waals surface area contributed by atoms with Gasteiger partial charge in [-0.05, 0) is 24.0 Å². The Bertz CT molecular complexity index is 940. The van der Waals surface area contributed by atoms with E-state index in [-0.39, 0.29) is 30.2 Å². The average Bonchev–Trinajstić information content (AvgIpc) is 3.42. The van der Waals surface area contributed by atoms with E-state index in [4.69, 9.17) is 0 Å². The molecule has 3 aromatic rings. The summed E-state index contributed by atoms with van der Waals surface area (Å²) in [5.41, 5.74) is 3.04. The van der Waals surface area contributed by atoms with Crippen molar-refractivity contribution in [1.29, 1.82) is 0 Å². The highest BCUT2D eigenvalue weighted by molar-refractivity contribution is 7.98. The lowest BCUT2D eigenvalue weighted by Gasteiger charge is -2.15. The zero-order valence-electron chi connectivity index (χ0n) is 15.6. The van der Waals surface area contributed by atoms with Crippen molar-refractivity contribution in [2.45, 2.75) is 10.8 Å². The van der Waals surface area contributed by atoms with Gasteiger partial charge in [0.05, 0.1) is 17.8 Å². The van der Waals surface area contributed by atoms with Gasteiger partial charge in [-0.3, -0.25) is 9.48 Å². The summed E-state index contributed by atoms with van der Waals surface area (Å²) in [5.74, 6) is 0.0205. The number of hydrogen-bond donors (Lipinski definition) is 2. The fourth-order valence-corrected chi connectivity index (χ4v) is 4.49. The number of thiazole rings is 1. The van der Waals surface area contributed by atoms with Crippen LogP contribution in [0.2, 0.25) is 0 Å². The summed E-state index contributed by atoms with van der Waals surface area (Å²) in [6.07, 6.45) is 5.89. The molecule has 4 rings (SSSR count). The van der Waals surface area contributed by atoms with Crippen molar-refractivity contribution < 1.29 is 4.79 Å². The number of hydrogen-bond acceptors (Lipinski definition) is 6. The first kappa shape index (κ1) is 20.9. The number of aryl methyl sites for hydroxylation is 1. The Hall–Kier alpha value is -1.87. The maximum atomic E-state index is 12.8. The molecule has 0 unspecified atom stereocenters. The Kier molecular flexibility index (Phi) is 6.77. The quantitative estimate of drug-likeness (QED) is 0.599. The van der Waals surface area contributed by atoms with Crippen LogP contribution in [0.15, 0.2) is 46.9 Å². The molecule has 2 N–H and O–H groups in total. The van der Waals surface area contributed by atoms with E-state index in [0.717, 1.165) is 23.4 Å². The normalized spacial score (nSPS) is 18.6. The van der Waals surface area contributed by atoms with Crippen molar-refractivity contribution in [1.82, 2.24) is 20.1 Å². The number of carbonyl (C=O) groups is 1. The zero-order chi connectivity index (χ0) is 18.8. The van der Waals surface area contributed by atoms with Crippen LogP contribution in [0.4, 0.5) is 5.13 Å². The summed E-state index contributed by atoms with van der Waals surface area (Å²) in [6.45, 7) is 1.45. The fourth-order valence-electron chi connectivity index (χ4n) is 3.36. The van der Waals surface area contributed by atoms with Crippen molar-refractivity contribution in [3.05, 3.63) is 47.6 Å². The largest absolute Gasteiger partial charge is 0.315 e. The van der Waals surface area contributed by atoms with Crippen LogP contribution in [0.3, 0.4) is 0 Å². The highest BCUT2D eigenvalue weighted by Gasteiger charge is 2.35. The van der Waals surface area contributed by atoms with Crippen LogP contribution in [-0.2, 0) is 11.8 Å². The number of nitrogens with one attached hydrogen (secondary N) is 2. The maximum absolute atomic E-state index is 12.8. The van der Waals surface area contributed by atoms with Gasteiger partial charge < -0.3 is 10.6 Å². The Morgan fingerprint density at radius 1 is 1.32 bits per heavy atom. The Morgan fingerprint density at radius 3 is 2.79 bits per heavy atom. The van der Waals surface area contributed by atoms with Crippen LogP contribution in [0.25, 0.3) is 11.3 Å². The van der Waals surface area contributed by atoms with Crippen molar-refractivity contribution >= 4 is 46.5 Å². The van der Waals surface area contributed by atoms with E-state index in [9.17, 15) is 4.79 Å². The van der Waals surface area contributed by atoms with E-state index in [1.54, 1.807) is 16.4 Å². The predicted octanol–water partition coefficient (Wildman–Crippen LogP) is 3.63. The molecule has 1 aliphatic heterocycles. The molecule has 148 valence electrons. The van der Waals surface area contributed by atoms with Gasteiger partial charge in [0, 0.05) is 48.1 Å². The van der Waals surface area contributed by atoms with Crippen molar-refractivity contribution in [2.75, 3.05) is 24.7 Å². The molecule has 2 aromatic heterocycles. The Labute approximate surface area is 178 Å². The molecule has 0 saturated carbocycles. The number of amides is 1. The second-order valence-corrected chi connectivity index (χ2v) is 8.31. The number of aromatic nitrogens is 3. The van der Waals surface area contributed by atoms with Gasteiger partial charge in [-0.25, -0.2) is 4.98 Å². The highest BCUT2D eigenvalue weighted by atomic mass is 35.5. The highest BCUT2D eigenvalue weighted by Crippen LogP contribution is 2.31. The Morgan fingerprint density at radius 2 is 2.11 bits per heavy atom. The van der Waals surface area contributed by atoms with Crippen molar-refractivity contribution in [3.8, 4) is 11.3 Å². The molecule has 6 nitrogen and oxygen atoms in total. The molecule has 2 atom stereocenters. The molecule has 1 aliphatic rings. The number of benzene rings is 1. The van der Waals surface area contributed by atoms with Gasteiger partial charge in [0.1, 0.15) is 0 Å².